The van der Waals surface area contributed by atoms with Crippen molar-refractivity contribution in [2.75, 3.05) is 16.8 Å². The van der Waals surface area contributed by atoms with Gasteiger partial charge in [-0.1, -0.05) is 351 Å². The fraction of sp³-hybridized carbons (Fsp3) is 0.118. The molecular weight excluding hydrogens is 1510 g/mol. The summed E-state index contributed by atoms with van der Waals surface area (Å²) in [4.78, 5) is 79.3. The van der Waals surface area contributed by atoms with Crippen LogP contribution in [0, 0.1) is 0 Å². The normalized spacial score (nSPS) is 14.4. The SMILES string of the molecule is O=C(Cn1nnnc1SCC1=C(C(=O)OC(c2ccccc2)c2ccccc2)N2C(=O)[C@@H](NC(=O)C(=NOC(OC(c3ccccc3)c3ccccc3)c3cc(O)c(OC(c4ccccc4)c4ccccc4)cn3)c3csc(NC(c4ccccc4)(c4ccccc4)c4ccccc4)n3)[C@H]2SC1)OC(c1ccccc1)c1ccccc1. The van der Waals surface area contributed by atoms with Crippen molar-refractivity contribution in [2.24, 2.45) is 5.16 Å². The number of esters is 2. The lowest BCUT2D eigenvalue weighted by Crippen LogP contribution is -2.71. The monoisotopic (exact) mass is 1590 g/mol. The summed E-state index contributed by atoms with van der Waals surface area (Å²) in [6.07, 6.45) is -3.38. The van der Waals surface area contributed by atoms with Gasteiger partial charge in [0.1, 0.15) is 52.8 Å². The molecule has 574 valence electrons. The van der Waals surface area contributed by atoms with Gasteiger partial charge < -0.3 is 39.5 Å². The van der Waals surface area contributed by atoms with Gasteiger partial charge >= 0.3 is 11.9 Å². The van der Waals surface area contributed by atoms with Gasteiger partial charge in [-0.15, -0.1) is 28.2 Å². The number of pyridine rings is 1. The van der Waals surface area contributed by atoms with Crippen molar-refractivity contribution in [3.63, 3.8) is 0 Å². The molecule has 3 aromatic heterocycles. The van der Waals surface area contributed by atoms with Gasteiger partial charge in [-0.25, -0.2) is 14.5 Å². The van der Waals surface area contributed by atoms with Gasteiger partial charge in [0.05, 0.1) is 6.20 Å². The molecule has 0 aliphatic carbocycles. The lowest BCUT2D eigenvalue weighted by atomic mass is 9.77. The number of rotatable bonds is 31. The highest BCUT2D eigenvalue weighted by Crippen LogP contribution is 2.46. The Morgan fingerprint density at radius 3 is 1.45 bits per heavy atom. The van der Waals surface area contributed by atoms with Crippen LogP contribution in [0.2, 0.25) is 0 Å². The molecule has 23 heteroatoms. The summed E-state index contributed by atoms with van der Waals surface area (Å²) in [7, 11) is 0. The number of amides is 2. The molecule has 1 fully saturated rings. The van der Waals surface area contributed by atoms with Crippen molar-refractivity contribution in [3.05, 3.63) is 435 Å². The number of ether oxygens (including phenoxy) is 4. The molecule has 0 spiro atoms. The summed E-state index contributed by atoms with van der Waals surface area (Å²) in [5.74, 6) is -3.00. The number of hydrogen-bond acceptors (Lipinski definition) is 20. The second-order valence-electron chi connectivity index (χ2n) is 27.1. The third-order valence-electron chi connectivity index (χ3n) is 19.7. The Hall–Kier alpha value is -13.6. The number of aromatic hydroxyl groups is 1. The van der Waals surface area contributed by atoms with Crippen molar-refractivity contribution >= 4 is 69.5 Å². The molecule has 11 aromatic carbocycles. The average molecular weight is 1590 g/mol. The molecule has 116 heavy (non-hydrogen) atoms. The predicted molar refractivity (Wildman–Crippen MR) is 445 cm³/mol. The Morgan fingerprint density at radius 2 is 0.991 bits per heavy atom. The number of hydrogen-bond donors (Lipinski definition) is 3. The number of carbonyl (C=O) groups excluding carboxylic acids is 4. The van der Waals surface area contributed by atoms with Crippen molar-refractivity contribution in [1.82, 2.24) is 40.4 Å². The van der Waals surface area contributed by atoms with Crippen LogP contribution in [0.1, 0.15) is 103 Å². The Kier molecular flexibility index (Phi) is 23.8. The fourth-order valence-corrected chi connectivity index (χ4v) is 17.2. The van der Waals surface area contributed by atoms with E-state index in [-0.39, 0.29) is 57.5 Å². The van der Waals surface area contributed by atoms with Crippen LogP contribution >= 0.6 is 34.9 Å². The number of nitrogens with zero attached hydrogens (tertiary/aromatic N) is 8. The van der Waals surface area contributed by atoms with Gasteiger partial charge in [0, 0.05) is 23.0 Å². The molecule has 1 unspecified atom stereocenters. The second-order valence-corrected chi connectivity index (χ2v) is 30.0. The third kappa shape index (κ3) is 17.2. The highest BCUT2D eigenvalue weighted by molar-refractivity contribution is 8.01. The van der Waals surface area contributed by atoms with E-state index in [9.17, 15) is 9.90 Å². The van der Waals surface area contributed by atoms with E-state index in [1.807, 2.05) is 334 Å². The third-order valence-corrected chi connectivity index (χ3v) is 22.8. The predicted octanol–water partition coefficient (Wildman–Crippen LogP) is 17.1. The van der Waals surface area contributed by atoms with Gasteiger partial charge in [0.15, 0.2) is 34.6 Å². The zero-order valence-electron chi connectivity index (χ0n) is 62.1. The van der Waals surface area contributed by atoms with E-state index in [1.54, 1.807) is 5.38 Å². The van der Waals surface area contributed by atoms with Crippen molar-refractivity contribution in [1.29, 1.82) is 0 Å². The minimum Gasteiger partial charge on any atom is -0.504 e. The van der Waals surface area contributed by atoms with E-state index in [0.717, 1.165) is 61.8 Å². The van der Waals surface area contributed by atoms with Crippen LogP contribution < -0.4 is 15.4 Å². The maximum Gasteiger partial charge on any atom is 0.356 e. The molecule has 3 N–H and O–H groups in total. The van der Waals surface area contributed by atoms with E-state index < -0.39 is 71.4 Å². The Balaban J connectivity index is 0.757. The van der Waals surface area contributed by atoms with E-state index in [0.29, 0.717) is 21.8 Å². The number of β-lactam (4-membered cyclic amide) rings is 1. The van der Waals surface area contributed by atoms with E-state index >= 15 is 14.4 Å². The van der Waals surface area contributed by atoms with Crippen LogP contribution in [0.4, 0.5) is 5.13 Å². The minimum atomic E-state index is -1.61. The Bertz CT molecular complexity index is 5470. The number of fused-ring (bicyclic) bond motifs is 1. The first-order chi connectivity index (χ1) is 57.1. The first-order valence-corrected chi connectivity index (χ1v) is 40.3. The largest absolute Gasteiger partial charge is 0.504 e. The maximum absolute atomic E-state index is 16.0. The topological polar surface area (TPSA) is 244 Å². The highest BCUT2D eigenvalue weighted by atomic mass is 32.2. The standard InChI is InChI=1S/C93H74N10O10S3/c104-76-56-74(94-57-77(76)109-82(62-34-12-1-13-35-62)63-36-14-2-15-37-63)90(112-85(68-46-24-7-25-47-68)69-48-26-8-27-49-69)113-99-79(75-61-115-91(95-75)97-93(71-50-28-9-29-51-71,72-52-30-10-31-53-72)73-54-32-11-33-55-73)86(106)96-80-87(107)103-81(89(108)111-84(66-42-20-5-21-43-66)67-44-22-6-23-45-67)70(59-114-88(80)103)60-116-92-98-100-101-102(92)58-78(105)110-83(64-38-16-3-17-39-64)65-40-18-4-19-41-65/h1-57,61,80,82-85,88,90H,58-60H2,(H,94,104)(H,95,97)(H,96,106)/t80-,88-,90?/m1/s1. The molecule has 2 aliphatic heterocycles. The summed E-state index contributed by atoms with van der Waals surface area (Å²) in [5, 5.41) is 37.6. The van der Waals surface area contributed by atoms with Gasteiger partial charge in [-0.2, -0.15) is 0 Å². The summed E-state index contributed by atoms with van der Waals surface area (Å²) in [5.41, 5.74) is 7.74. The number of nitrogens with one attached hydrogen (secondary N) is 2. The molecule has 1 saturated heterocycles. The lowest BCUT2D eigenvalue weighted by Gasteiger charge is -2.49. The quantitative estimate of drug-likeness (QED) is 0.00695. The zero-order chi connectivity index (χ0) is 79.0. The summed E-state index contributed by atoms with van der Waals surface area (Å²) < 4.78 is 27.8. The van der Waals surface area contributed by atoms with E-state index in [4.69, 9.17) is 38.9 Å². The van der Waals surface area contributed by atoms with Gasteiger partial charge in [0.2, 0.25) is 5.16 Å². The minimum absolute atomic E-state index is 0.0327. The Labute approximate surface area is 681 Å². The molecular formula is C93H74N10O10S3. The molecule has 2 amide bonds. The van der Waals surface area contributed by atoms with Crippen LogP contribution in [-0.4, -0.2) is 92.6 Å². The average Bonchev–Trinajstić information content (AvgIpc) is 0.781. The number of anilines is 1. The number of tetrazole rings is 1. The van der Waals surface area contributed by atoms with Crippen molar-refractivity contribution in [2.45, 2.75) is 59.4 Å². The first-order valence-electron chi connectivity index (χ1n) is 37.4. The molecule has 0 saturated carbocycles. The fourth-order valence-electron chi connectivity index (χ4n) is 14.1. The number of thiazole rings is 1. The summed E-state index contributed by atoms with van der Waals surface area (Å²) in [6.45, 7) is -0.354. The second kappa shape index (κ2) is 36.1. The smallest absolute Gasteiger partial charge is 0.356 e. The molecule has 0 bridgehead atoms. The summed E-state index contributed by atoms with van der Waals surface area (Å²) >= 11 is 3.68. The van der Waals surface area contributed by atoms with E-state index in [2.05, 4.69) is 26.2 Å². The molecule has 16 rings (SSSR count). The van der Waals surface area contributed by atoms with Crippen molar-refractivity contribution < 1.29 is 48.1 Å². The number of thioether (sulfide) groups is 2. The van der Waals surface area contributed by atoms with Crippen LogP contribution in [0.25, 0.3) is 0 Å². The lowest BCUT2D eigenvalue weighted by molar-refractivity contribution is -0.170. The first kappa shape index (κ1) is 76.4. The van der Waals surface area contributed by atoms with Crippen LogP contribution in [0.3, 0.4) is 0 Å². The number of oxime groups is 1. The zero-order valence-corrected chi connectivity index (χ0v) is 64.5. The number of carbonyl (C=O) groups is 4. The van der Waals surface area contributed by atoms with Gasteiger partial charge in [-0.05, 0) is 77.2 Å². The Morgan fingerprint density at radius 1 is 0.560 bits per heavy atom. The summed E-state index contributed by atoms with van der Waals surface area (Å²) in [6, 6.07) is 106. The van der Waals surface area contributed by atoms with Crippen molar-refractivity contribution in [3.8, 4) is 11.5 Å². The molecule has 5 heterocycles. The van der Waals surface area contributed by atoms with Gasteiger partial charge in [0.25, 0.3) is 18.1 Å². The molecule has 3 atom stereocenters. The van der Waals surface area contributed by atoms with Crippen LogP contribution in [-0.2, 0) is 50.3 Å². The van der Waals surface area contributed by atoms with Crippen LogP contribution in [0.5, 0.6) is 11.5 Å². The van der Waals surface area contributed by atoms with Gasteiger partial charge in [-0.3, -0.25) is 24.3 Å². The molecule has 20 nitrogen and oxygen atoms in total. The van der Waals surface area contributed by atoms with Crippen LogP contribution in [0.15, 0.2) is 373 Å². The molecule has 14 aromatic rings. The van der Waals surface area contributed by atoms with E-state index in [1.165, 1.54) is 44.9 Å². The number of aromatic nitrogens is 6. The molecule has 0 radical (unpaired) electrons. The maximum atomic E-state index is 16.0. The highest BCUT2D eigenvalue weighted by Gasteiger charge is 2.55. The number of benzene rings is 11. The molecule has 2 aliphatic rings.